The number of benzene rings is 2. The molecule has 6 nitrogen and oxygen atoms in total. The van der Waals surface area contributed by atoms with Crippen LogP contribution in [0.25, 0.3) is 5.57 Å². The second-order valence-electron chi connectivity index (χ2n) is 7.49. The third kappa shape index (κ3) is 4.74. The third-order valence-electron chi connectivity index (χ3n) is 5.54. The molecule has 0 spiro atoms. The monoisotopic (exact) mass is 441 g/mol. The zero-order valence-corrected chi connectivity index (χ0v) is 18.3. The Labute approximate surface area is 187 Å². The van der Waals surface area contributed by atoms with Crippen molar-refractivity contribution in [2.75, 3.05) is 42.7 Å². The van der Waals surface area contributed by atoms with Gasteiger partial charge in [-0.15, -0.1) is 0 Å². The van der Waals surface area contributed by atoms with E-state index in [1.165, 1.54) is 0 Å². The number of allylic oxidation sites excluding steroid dienone is 1. The predicted molar refractivity (Wildman–Crippen MR) is 128 cm³/mol. The Kier molecular flexibility index (Phi) is 7.81. The first-order valence-electron chi connectivity index (χ1n) is 10.6. The van der Waals surface area contributed by atoms with Crippen molar-refractivity contribution in [2.24, 2.45) is 0 Å². The number of aldehydes is 1. The maximum absolute atomic E-state index is 14.1. The van der Waals surface area contributed by atoms with Crippen molar-refractivity contribution in [1.29, 1.82) is 5.41 Å². The molecule has 32 heavy (non-hydrogen) atoms. The van der Waals surface area contributed by atoms with E-state index in [2.05, 4.69) is 20.9 Å². The van der Waals surface area contributed by atoms with Gasteiger partial charge in [0.1, 0.15) is 6.29 Å². The second-order valence-corrected chi connectivity index (χ2v) is 7.49. The van der Waals surface area contributed by atoms with E-state index in [9.17, 15) is 13.6 Å². The predicted octanol–water partition coefficient (Wildman–Crippen LogP) is 4.96. The number of fused-ring (bicyclic) bond motifs is 1. The van der Waals surface area contributed by atoms with E-state index < -0.39 is 6.43 Å². The van der Waals surface area contributed by atoms with Crippen LogP contribution >= 0.6 is 0 Å². The number of nitrogens with zero attached hydrogens (tertiary/aromatic N) is 1. The average Bonchev–Trinajstić information content (AvgIpc) is 2.81. The quantitative estimate of drug-likeness (QED) is 0.238. The van der Waals surface area contributed by atoms with Crippen molar-refractivity contribution < 1.29 is 13.6 Å². The van der Waals surface area contributed by atoms with E-state index in [4.69, 9.17) is 5.41 Å². The van der Waals surface area contributed by atoms with Gasteiger partial charge in [-0.2, -0.15) is 0 Å². The normalized spacial score (nSPS) is 13.5. The molecule has 0 saturated heterocycles. The van der Waals surface area contributed by atoms with Gasteiger partial charge in [0.05, 0.1) is 17.1 Å². The number of rotatable bonds is 10. The van der Waals surface area contributed by atoms with Crippen LogP contribution in [0.5, 0.6) is 0 Å². The number of carbonyl (C=O) groups excluding carboxylic acids is 1. The molecule has 0 atom stereocenters. The van der Waals surface area contributed by atoms with Gasteiger partial charge in [-0.1, -0.05) is 6.07 Å². The molecule has 4 N–H and O–H groups in total. The Bertz CT molecular complexity index is 1010. The molecule has 2 aromatic rings. The molecule has 2 aromatic carbocycles. The van der Waals surface area contributed by atoms with Gasteiger partial charge < -0.3 is 31.1 Å². The molecule has 0 fully saturated rings. The summed E-state index contributed by atoms with van der Waals surface area (Å²) in [5.74, 6) is 0. The van der Waals surface area contributed by atoms with Crippen molar-refractivity contribution in [3.63, 3.8) is 0 Å². The van der Waals surface area contributed by atoms with Crippen molar-refractivity contribution in [3.05, 3.63) is 53.2 Å². The number of anilines is 4. The summed E-state index contributed by atoms with van der Waals surface area (Å²) in [7, 11) is 3.50. The lowest BCUT2D eigenvalue weighted by Gasteiger charge is -2.34. The van der Waals surface area contributed by atoms with Crippen LogP contribution in [0.3, 0.4) is 0 Å². The molecule has 0 amide bonds. The molecule has 0 unspecified atom stereocenters. The SMILES string of the molecule is CN/C=C(\C=N)c1cc2c(cc1C(F)F)N(c1cccc(NC)c1NCCC=O)CCC2. The topological polar surface area (TPSA) is 80.2 Å². The maximum atomic E-state index is 14.1. The van der Waals surface area contributed by atoms with Gasteiger partial charge in [0.2, 0.25) is 0 Å². The number of halogens is 2. The van der Waals surface area contributed by atoms with Gasteiger partial charge in [-0.05, 0) is 48.2 Å². The lowest BCUT2D eigenvalue weighted by atomic mass is 9.92. The molecule has 0 radical (unpaired) electrons. The summed E-state index contributed by atoms with van der Waals surface area (Å²) in [6, 6.07) is 9.16. The van der Waals surface area contributed by atoms with E-state index >= 15 is 0 Å². The number of carbonyl (C=O) groups is 1. The first kappa shape index (κ1) is 23.2. The Morgan fingerprint density at radius 1 is 1.25 bits per heavy atom. The van der Waals surface area contributed by atoms with Gasteiger partial charge in [0.15, 0.2) is 0 Å². The van der Waals surface area contributed by atoms with Crippen molar-refractivity contribution in [1.82, 2.24) is 5.32 Å². The highest BCUT2D eigenvalue weighted by Gasteiger charge is 2.26. The summed E-state index contributed by atoms with van der Waals surface area (Å²) in [6.07, 6.45) is 2.86. The molecule has 0 saturated carbocycles. The minimum Gasteiger partial charge on any atom is -0.393 e. The smallest absolute Gasteiger partial charge is 0.264 e. The zero-order valence-electron chi connectivity index (χ0n) is 18.3. The fraction of sp³-hybridized carbons (Fsp3) is 0.333. The van der Waals surface area contributed by atoms with Crippen LogP contribution in [0.1, 0.15) is 36.0 Å². The maximum Gasteiger partial charge on any atom is 0.264 e. The van der Waals surface area contributed by atoms with Gasteiger partial charge in [-0.25, -0.2) is 8.78 Å². The number of hydrogen-bond donors (Lipinski definition) is 4. The van der Waals surface area contributed by atoms with Crippen LogP contribution in [0.15, 0.2) is 36.5 Å². The highest BCUT2D eigenvalue weighted by atomic mass is 19.3. The Morgan fingerprint density at radius 2 is 2.06 bits per heavy atom. The number of hydrogen-bond acceptors (Lipinski definition) is 6. The van der Waals surface area contributed by atoms with E-state index in [0.29, 0.717) is 30.6 Å². The van der Waals surface area contributed by atoms with Crippen LogP contribution in [0, 0.1) is 5.41 Å². The summed E-state index contributed by atoms with van der Waals surface area (Å²) >= 11 is 0. The molecule has 170 valence electrons. The van der Waals surface area contributed by atoms with Gasteiger partial charge in [-0.3, -0.25) is 0 Å². The average molecular weight is 442 g/mol. The Morgan fingerprint density at radius 3 is 2.72 bits per heavy atom. The van der Waals surface area contributed by atoms with Crippen LogP contribution < -0.4 is 20.9 Å². The molecule has 1 aliphatic rings. The fourth-order valence-electron chi connectivity index (χ4n) is 4.10. The number of para-hydroxylation sites is 1. The highest BCUT2D eigenvalue weighted by Crippen LogP contribution is 2.43. The zero-order chi connectivity index (χ0) is 23.1. The number of nitrogens with one attached hydrogen (secondary N) is 4. The van der Waals surface area contributed by atoms with Gasteiger partial charge in [0, 0.05) is 62.8 Å². The van der Waals surface area contributed by atoms with E-state index in [0.717, 1.165) is 53.7 Å². The van der Waals surface area contributed by atoms with Crippen LogP contribution in [-0.4, -0.2) is 39.7 Å². The third-order valence-corrected chi connectivity index (χ3v) is 5.54. The molecule has 1 heterocycles. The summed E-state index contributed by atoms with van der Waals surface area (Å²) in [5.41, 5.74) is 4.98. The molecular weight excluding hydrogens is 412 g/mol. The lowest BCUT2D eigenvalue weighted by Crippen LogP contribution is -2.26. The van der Waals surface area contributed by atoms with Crippen LogP contribution in [-0.2, 0) is 11.2 Å². The van der Waals surface area contributed by atoms with Crippen LogP contribution in [0.2, 0.25) is 0 Å². The van der Waals surface area contributed by atoms with Crippen LogP contribution in [0.4, 0.5) is 31.5 Å². The Balaban J connectivity index is 2.15. The van der Waals surface area contributed by atoms with E-state index in [1.54, 1.807) is 25.4 Å². The summed E-state index contributed by atoms with van der Waals surface area (Å²) in [5, 5.41) is 17.0. The number of alkyl halides is 2. The first-order valence-corrected chi connectivity index (χ1v) is 10.6. The summed E-state index contributed by atoms with van der Waals surface area (Å²) in [6.45, 7) is 1.17. The minimum atomic E-state index is -2.67. The molecule has 0 aliphatic carbocycles. The van der Waals surface area contributed by atoms with Gasteiger partial charge in [0.25, 0.3) is 6.43 Å². The first-order chi connectivity index (χ1) is 15.5. The highest BCUT2D eigenvalue weighted by molar-refractivity contribution is 6.09. The van der Waals surface area contributed by atoms with Crippen molar-refractivity contribution in [2.45, 2.75) is 25.7 Å². The van der Waals surface area contributed by atoms with Crippen molar-refractivity contribution >= 4 is 40.8 Å². The second kappa shape index (κ2) is 10.7. The molecule has 0 aromatic heterocycles. The molecular formula is C24H29F2N5O. The molecule has 1 aliphatic heterocycles. The molecule has 0 bridgehead atoms. The summed E-state index contributed by atoms with van der Waals surface area (Å²) < 4.78 is 28.1. The van der Waals surface area contributed by atoms with E-state index in [-0.39, 0.29) is 5.56 Å². The summed E-state index contributed by atoms with van der Waals surface area (Å²) in [4.78, 5) is 12.9. The largest absolute Gasteiger partial charge is 0.393 e. The molecule has 3 rings (SSSR count). The van der Waals surface area contributed by atoms with Crippen molar-refractivity contribution in [3.8, 4) is 0 Å². The van der Waals surface area contributed by atoms with Gasteiger partial charge >= 0.3 is 0 Å². The molecule has 8 heteroatoms. The Hall–Kier alpha value is -3.42. The van der Waals surface area contributed by atoms with E-state index in [1.807, 2.05) is 25.2 Å². The number of aryl methyl sites for hydroxylation is 1. The lowest BCUT2D eigenvalue weighted by molar-refractivity contribution is -0.107. The standard InChI is InChI=1S/C24H29F2N5O/c1-28-15-17(14-27)18-12-16-6-4-10-31(22(16)13-19(18)24(25)26)21-8-3-7-20(29-2)23(21)30-9-5-11-32/h3,7-8,11-15,24,27-30H,4-6,9-10H2,1-2H3/b17-15+,27-14?. The minimum absolute atomic E-state index is 0.0964. The fourth-order valence-corrected chi connectivity index (χ4v) is 4.10.